The third-order valence-electron chi connectivity index (χ3n) is 6.72. The molecule has 1 atom stereocenters. The van der Waals surface area contributed by atoms with Gasteiger partial charge in [-0.05, 0) is 55.8 Å². The minimum absolute atomic E-state index is 0.0481. The molecule has 0 radical (unpaired) electrons. The number of aromatic nitrogens is 3. The first-order valence-electron chi connectivity index (χ1n) is 13.6. The van der Waals surface area contributed by atoms with Crippen LogP contribution in [0.15, 0.2) is 53.6 Å². The molecule has 248 valence electrons. The first-order chi connectivity index (χ1) is 22.2. The fraction of sp³-hybridized carbons (Fsp3) is 0.250. The van der Waals surface area contributed by atoms with Gasteiger partial charge < -0.3 is 10.2 Å². The summed E-state index contributed by atoms with van der Waals surface area (Å²) in [5.74, 6) is -8.21. The predicted octanol–water partition coefficient (Wildman–Crippen LogP) is 5.33. The highest BCUT2D eigenvalue weighted by molar-refractivity contribution is 7.92. The molecule has 1 aliphatic rings. The van der Waals surface area contributed by atoms with Crippen LogP contribution >= 0.6 is 11.3 Å². The first kappa shape index (κ1) is 33.7. The van der Waals surface area contributed by atoms with Crippen molar-refractivity contribution in [3.8, 4) is 21.8 Å². The summed E-state index contributed by atoms with van der Waals surface area (Å²) >= 11 is 1.06. The maximum absolute atomic E-state index is 16.1. The van der Waals surface area contributed by atoms with Crippen molar-refractivity contribution >= 4 is 44.9 Å². The molecule has 4 aromatic rings. The number of anilines is 2. The summed E-state index contributed by atoms with van der Waals surface area (Å²) < 4.78 is 111. The number of carbonyl (C=O) groups excluding carboxylic acids is 2. The van der Waals surface area contributed by atoms with Crippen LogP contribution in [0.1, 0.15) is 30.7 Å². The Kier molecular flexibility index (Phi) is 9.51. The number of thiazole rings is 1. The number of benzene rings is 2. The second-order valence-electron chi connectivity index (χ2n) is 10.1. The van der Waals surface area contributed by atoms with E-state index in [1.165, 1.54) is 18.2 Å². The zero-order valence-corrected chi connectivity index (χ0v) is 25.6. The zero-order valence-electron chi connectivity index (χ0n) is 23.9. The molecule has 0 spiro atoms. The molecule has 19 heteroatoms. The van der Waals surface area contributed by atoms with Crippen LogP contribution in [-0.2, 0) is 24.4 Å². The van der Waals surface area contributed by atoms with Crippen molar-refractivity contribution in [3.63, 3.8) is 0 Å². The van der Waals surface area contributed by atoms with Gasteiger partial charge in [-0.2, -0.15) is 13.2 Å². The number of amides is 1. The second kappa shape index (κ2) is 13.2. The fourth-order valence-corrected chi connectivity index (χ4v) is 6.89. The van der Waals surface area contributed by atoms with Gasteiger partial charge in [-0.1, -0.05) is 6.07 Å². The van der Waals surface area contributed by atoms with E-state index in [0.717, 1.165) is 43.5 Å². The molecule has 1 saturated heterocycles. The largest absolute Gasteiger partial charge is 0.493 e. The Balaban J connectivity index is 1.60. The molecule has 1 aliphatic heterocycles. The van der Waals surface area contributed by atoms with Crippen molar-refractivity contribution in [2.24, 2.45) is 0 Å². The van der Waals surface area contributed by atoms with Crippen molar-refractivity contribution in [3.05, 3.63) is 71.1 Å². The number of sulfonamides is 1. The second-order valence-corrected chi connectivity index (χ2v) is 12.7. The van der Waals surface area contributed by atoms with Crippen molar-refractivity contribution in [1.29, 1.82) is 0 Å². The summed E-state index contributed by atoms with van der Waals surface area (Å²) in [6, 6.07) is 6.65. The number of rotatable bonds is 7. The van der Waals surface area contributed by atoms with Crippen LogP contribution in [0, 0.1) is 17.5 Å². The van der Waals surface area contributed by atoms with E-state index in [1.54, 1.807) is 0 Å². The molecule has 3 heterocycles. The van der Waals surface area contributed by atoms with E-state index in [0.29, 0.717) is 36.2 Å². The molecular formula is C28H22F6N6O5S2. The molecule has 1 amide bonds. The Labute approximate surface area is 266 Å². The van der Waals surface area contributed by atoms with Gasteiger partial charge in [0.15, 0.2) is 5.82 Å². The van der Waals surface area contributed by atoms with Crippen molar-refractivity contribution in [1.82, 2.24) is 20.3 Å². The van der Waals surface area contributed by atoms with Gasteiger partial charge in [-0.25, -0.2) is 41.3 Å². The van der Waals surface area contributed by atoms with Gasteiger partial charge in [0.05, 0.1) is 27.0 Å². The number of halogens is 6. The molecule has 2 N–H and O–H groups in total. The van der Waals surface area contributed by atoms with Gasteiger partial charge in [0, 0.05) is 31.1 Å². The van der Waals surface area contributed by atoms with Crippen LogP contribution in [-0.4, -0.2) is 54.5 Å². The standard InChI is InChI=1S/C28H22F6N6O5S2/c1-14(41)40(45-26(42)28(32,33)34)27-36-11-9-20(37-27)24-23(38-25(46-24)15-4-3-10-35-13-15)17-5-2-6-19(22(17)31)39-47(43,44)21-12-16(29)7-8-18(21)30/h2,5-9,11-12,15,35,39H,3-4,10,13H2,1H3. The minimum Gasteiger partial charge on any atom is -0.321 e. The van der Waals surface area contributed by atoms with Crippen molar-refractivity contribution in [2.75, 3.05) is 22.9 Å². The van der Waals surface area contributed by atoms with Crippen LogP contribution in [0.25, 0.3) is 21.8 Å². The average Bonchev–Trinajstić information content (AvgIpc) is 3.47. The zero-order chi connectivity index (χ0) is 34.1. The first-order valence-corrected chi connectivity index (χ1v) is 15.9. The SMILES string of the molecule is CC(=O)N(OC(=O)C(F)(F)F)c1nccc(-c2sc(C3CCCNC3)nc2-c2cccc(NS(=O)(=O)c3cc(F)ccc3F)c2F)n1. The maximum atomic E-state index is 16.1. The molecule has 2 aromatic heterocycles. The van der Waals surface area contributed by atoms with E-state index in [4.69, 9.17) is 0 Å². The van der Waals surface area contributed by atoms with Crippen LogP contribution in [0.3, 0.4) is 0 Å². The van der Waals surface area contributed by atoms with Crippen molar-refractivity contribution < 1.29 is 49.2 Å². The third-order valence-corrected chi connectivity index (χ3v) is 9.34. The number of carbonyl (C=O) groups is 2. The highest BCUT2D eigenvalue weighted by atomic mass is 32.2. The monoisotopic (exact) mass is 700 g/mol. The number of hydrogen-bond donors (Lipinski definition) is 2. The smallest absolute Gasteiger partial charge is 0.321 e. The number of hydroxylamine groups is 1. The van der Waals surface area contributed by atoms with E-state index in [1.807, 2.05) is 4.72 Å². The lowest BCUT2D eigenvalue weighted by Crippen LogP contribution is -2.38. The number of piperidine rings is 1. The van der Waals surface area contributed by atoms with Crippen molar-refractivity contribution in [2.45, 2.75) is 36.8 Å². The molecule has 2 aromatic carbocycles. The Morgan fingerprint density at radius 2 is 1.87 bits per heavy atom. The summed E-state index contributed by atoms with van der Waals surface area (Å²) in [6.07, 6.45) is -2.87. The average molecular weight is 701 g/mol. The lowest BCUT2D eigenvalue weighted by molar-refractivity contribution is -0.201. The minimum atomic E-state index is -5.44. The van der Waals surface area contributed by atoms with Gasteiger partial charge >= 0.3 is 12.1 Å². The van der Waals surface area contributed by atoms with Gasteiger partial charge in [-0.3, -0.25) is 9.52 Å². The third kappa shape index (κ3) is 7.36. The molecule has 1 unspecified atom stereocenters. The molecule has 0 bridgehead atoms. The highest BCUT2D eigenvalue weighted by Gasteiger charge is 2.44. The summed E-state index contributed by atoms with van der Waals surface area (Å²) in [7, 11) is -4.82. The Morgan fingerprint density at radius 3 is 2.55 bits per heavy atom. The van der Waals surface area contributed by atoms with E-state index in [2.05, 4.69) is 25.1 Å². The molecule has 47 heavy (non-hydrogen) atoms. The lowest BCUT2D eigenvalue weighted by atomic mass is 10.0. The summed E-state index contributed by atoms with van der Waals surface area (Å²) in [6.45, 7) is 2.09. The summed E-state index contributed by atoms with van der Waals surface area (Å²) in [4.78, 5) is 39.4. The van der Waals surface area contributed by atoms with Gasteiger partial charge in [-0.15, -0.1) is 16.4 Å². The molecule has 0 aliphatic carbocycles. The Bertz CT molecular complexity index is 1950. The topological polar surface area (TPSA) is 143 Å². The molecule has 11 nitrogen and oxygen atoms in total. The molecule has 5 rings (SSSR count). The molecular weight excluding hydrogens is 678 g/mol. The quantitative estimate of drug-likeness (QED) is 0.193. The van der Waals surface area contributed by atoms with Gasteiger partial charge in [0.1, 0.15) is 16.5 Å². The molecule has 0 saturated carbocycles. The van der Waals surface area contributed by atoms with Crippen LogP contribution in [0.2, 0.25) is 0 Å². The lowest BCUT2D eigenvalue weighted by Gasteiger charge is -2.20. The van der Waals surface area contributed by atoms with E-state index >= 15 is 4.39 Å². The van der Waals surface area contributed by atoms with Crippen LogP contribution in [0.5, 0.6) is 0 Å². The fourth-order valence-electron chi connectivity index (χ4n) is 4.56. The number of nitrogens with one attached hydrogen (secondary N) is 2. The van der Waals surface area contributed by atoms with Crippen LogP contribution in [0.4, 0.5) is 38.0 Å². The predicted molar refractivity (Wildman–Crippen MR) is 156 cm³/mol. The number of alkyl halides is 3. The van der Waals surface area contributed by atoms with Gasteiger partial charge in [0.2, 0.25) is 0 Å². The van der Waals surface area contributed by atoms with Crippen LogP contribution < -0.4 is 15.1 Å². The maximum Gasteiger partial charge on any atom is 0.493 e. The molecule has 1 fully saturated rings. The highest BCUT2D eigenvalue weighted by Crippen LogP contribution is 2.42. The Hall–Kier alpha value is -4.62. The van der Waals surface area contributed by atoms with Gasteiger partial charge in [0.25, 0.3) is 21.9 Å². The van der Waals surface area contributed by atoms with E-state index in [9.17, 15) is 40.0 Å². The number of hydrogen-bond acceptors (Lipinski definition) is 10. The summed E-state index contributed by atoms with van der Waals surface area (Å²) in [5.41, 5.74) is -0.995. The van der Waals surface area contributed by atoms with E-state index in [-0.39, 0.29) is 32.8 Å². The summed E-state index contributed by atoms with van der Waals surface area (Å²) in [5, 5.41) is 3.69. The number of nitrogens with zero attached hydrogens (tertiary/aromatic N) is 4. The normalized spacial score (nSPS) is 15.3. The Morgan fingerprint density at radius 1 is 1.11 bits per heavy atom. The van der Waals surface area contributed by atoms with E-state index < -0.39 is 62.1 Å².